The van der Waals surface area contributed by atoms with Crippen LogP contribution in [0.1, 0.15) is 32.1 Å². The Hall–Kier alpha value is -1.92. The first-order chi connectivity index (χ1) is 13.1. The molecule has 2 saturated carbocycles. The van der Waals surface area contributed by atoms with Gasteiger partial charge >= 0.3 is 0 Å². The second-order valence-corrected chi connectivity index (χ2v) is 8.69. The van der Waals surface area contributed by atoms with Gasteiger partial charge in [-0.2, -0.15) is 0 Å². The number of benzene rings is 1. The molecule has 0 radical (unpaired) electrons. The average molecular weight is 368 g/mol. The van der Waals surface area contributed by atoms with Crippen LogP contribution in [0.5, 0.6) is 0 Å². The molecule has 0 atom stereocenters. The third-order valence-corrected chi connectivity index (χ3v) is 6.50. The summed E-state index contributed by atoms with van der Waals surface area (Å²) in [4.78, 5) is 22.0. The van der Waals surface area contributed by atoms with E-state index in [-0.39, 0.29) is 5.56 Å². The summed E-state index contributed by atoms with van der Waals surface area (Å²) in [7, 11) is 0. The lowest BCUT2D eigenvalue weighted by Gasteiger charge is -2.44. The molecule has 144 valence electrons. The van der Waals surface area contributed by atoms with Crippen LogP contribution >= 0.6 is 0 Å². The Morgan fingerprint density at radius 1 is 1.15 bits per heavy atom. The first kappa shape index (κ1) is 17.2. The topological polar surface area (TPSA) is 61.6 Å². The summed E-state index contributed by atoms with van der Waals surface area (Å²) >= 11 is 0. The fourth-order valence-corrected chi connectivity index (χ4v) is 4.38. The SMILES string of the molecule is O=c1c2ccc(N3CCN(CC4(O)CCC4)CC3)cc2ncn1CC1CC1. The van der Waals surface area contributed by atoms with Crippen molar-refractivity contribution in [1.82, 2.24) is 14.5 Å². The largest absolute Gasteiger partial charge is 0.389 e. The minimum Gasteiger partial charge on any atom is -0.389 e. The van der Waals surface area contributed by atoms with Crippen LogP contribution in [0.4, 0.5) is 5.69 Å². The van der Waals surface area contributed by atoms with Crippen LogP contribution in [-0.4, -0.2) is 57.9 Å². The minimum atomic E-state index is -0.435. The number of anilines is 1. The lowest BCUT2D eigenvalue weighted by molar-refractivity contribution is -0.0594. The van der Waals surface area contributed by atoms with Crippen LogP contribution in [0.25, 0.3) is 10.9 Å². The molecule has 0 amide bonds. The molecule has 2 aliphatic carbocycles. The Morgan fingerprint density at radius 2 is 1.93 bits per heavy atom. The van der Waals surface area contributed by atoms with Gasteiger partial charge in [0.1, 0.15) is 0 Å². The van der Waals surface area contributed by atoms with Crippen LogP contribution < -0.4 is 10.5 Å². The van der Waals surface area contributed by atoms with Crippen molar-refractivity contribution in [3.05, 3.63) is 34.9 Å². The number of aromatic nitrogens is 2. The molecule has 6 nitrogen and oxygen atoms in total. The Balaban J connectivity index is 1.28. The van der Waals surface area contributed by atoms with Gasteiger partial charge in [-0.25, -0.2) is 4.98 Å². The molecule has 6 heteroatoms. The maximum atomic E-state index is 12.7. The van der Waals surface area contributed by atoms with Crippen molar-refractivity contribution in [3.8, 4) is 0 Å². The molecular weight excluding hydrogens is 340 g/mol. The number of hydrogen-bond acceptors (Lipinski definition) is 5. The van der Waals surface area contributed by atoms with Gasteiger partial charge in [-0.15, -0.1) is 0 Å². The third kappa shape index (κ3) is 3.48. The summed E-state index contributed by atoms with van der Waals surface area (Å²) < 4.78 is 1.77. The summed E-state index contributed by atoms with van der Waals surface area (Å²) in [5, 5.41) is 11.1. The molecular formula is C21H28N4O2. The van der Waals surface area contributed by atoms with Gasteiger partial charge in [-0.05, 0) is 56.2 Å². The van der Waals surface area contributed by atoms with Crippen LogP contribution in [0.3, 0.4) is 0 Å². The summed E-state index contributed by atoms with van der Waals surface area (Å²) in [5.74, 6) is 0.663. The molecule has 1 aromatic heterocycles. The molecule has 1 N–H and O–H groups in total. The number of nitrogens with zero attached hydrogens (tertiary/aromatic N) is 4. The molecule has 3 fully saturated rings. The smallest absolute Gasteiger partial charge is 0.261 e. The zero-order valence-corrected chi connectivity index (χ0v) is 15.8. The highest BCUT2D eigenvalue weighted by atomic mass is 16.3. The molecule has 5 rings (SSSR count). The van der Waals surface area contributed by atoms with Crippen molar-refractivity contribution in [3.63, 3.8) is 0 Å². The van der Waals surface area contributed by atoms with Crippen molar-refractivity contribution in [2.75, 3.05) is 37.6 Å². The molecule has 0 bridgehead atoms. The summed E-state index contributed by atoms with van der Waals surface area (Å²) in [6.07, 6.45) is 7.22. The molecule has 2 heterocycles. The lowest BCUT2D eigenvalue weighted by atomic mass is 9.80. The number of fused-ring (bicyclic) bond motifs is 1. The van der Waals surface area contributed by atoms with Crippen molar-refractivity contribution in [2.24, 2.45) is 5.92 Å². The molecule has 1 aromatic carbocycles. The van der Waals surface area contributed by atoms with Gasteiger partial charge in [0, 0.05) is 45.0 Å². The number of piperazine rings is 1. The molecule has 0 unspecified atom stereocenters. The van der Waals surface area contributed by atoms with Crippen LogP contribution in [-0.2, 0) is 6.54 Å². The van der Waals surface area contributed by atoms with Crippen LogP contribution in [0.15, 0.2) is 29.3 Å². The van der Waals surface area contributed by atoms with Gasteiger partial charge < -0.3 is 10.0 Å². The highest BCUT2D eigenvalue weighted by Crippen LogP contribution is 2.33. The maximum Gasteiger partial charge on any atom is 0.261 e. The van der Waals surface area contributed by atoms with E-state index >= 15 is 0 Å². The Labute approximate surface area is 159 Å². The molecule has 1 saturated heterocycles. The Kier molecular flexibility index (Phi) is 4.20. The van der Waals surface area contributed by atoms with E-state index in [2.05, 4.69) is 20.9 Å². The van der Waals surface area contributed by atoms with E-state index in [0.29, 0.717) is 11.3 Å². The zero-order valence-electron chi connectivity index (χ0n) is 15.8. The van der Waals surface area contributed by atoms with Gasteiger partial charge in [-0.1, -0.05) is 0 Å². The molecule has 1 aliphatic heterocycles. The first-order valence-corrected chi connectivity index (χ1v) is 10.3. The summed E-state index contributed by atoms with van der Waals surface area (Å²) in [5.41, 5.74) is 1.57. The van der Waals surface area contributed by atoms with E-state index in [1.807, 2.05) is 12.1 Å². The predicted molar refractivity (Wildman–Crippen MR) is 106 cm³/mol. The first-order valence-electron chi connectivity index (χ1n) is 10.3. The van der Waals surface area contributed by atoms with Crippen LogP contribution in [0.2, 0.25) is 0 Å². The third-order valence-electron chi connectivity index (χ3n) is 6.50. The van der Waals surface area contributed by atoms with Gasteiger partial charge in [0.05, 0.1) is 22.8 Å². The molecule has 0 spiro atoms. The highest BCUT2D eigenvalue weighted by Gasteiger charge is 2.36. The second kappa shape index (κ2) is 6.60. The second-order valence-electron chi connectivity index (χ2n) is 8.69. The van der Waals surface area contributed by atoms with Crippen molar-refractivity contribution < 1.29 is 5.11 Å². The molecule has 3 aliphatic rings. The monoisotopic (exact) mass is 368 g/mol. The standard InChI is InChI=1S/C21H28N4O2/c26-20-18-5-4-17(12-19(18)22-15-25(20)13-16-2-3-16)24-10-8-23(9-11-24)14-21(27)6-1-7-21/h4-5,12,15-16,27H,1-3,6-11,13-14H2. The Morgan fingerprint density at radius 3 is 2.59 bits per heavy atom. The Bertz CT molecular complexity index is 893. The maximum absolute atomic E-state index is 12.7. The van der Waals surface area contributed by atoms with E-state index < -0.39 is 5.60 Å². The lowest BCUT2D eigenvalue weighted by Crippen LogP contribution is -2.54. The minimum absolute atomic E-state index is 0.0806. The average Bonchev–Trinajstić information content (AvgIpc) is 3.47. The fraction of sp³-hybridized carbons (Fsp3) is 0.619. The van der Waals surface area contributed by atoms with Crippen molar-refractivity contribution >= 4 is 16.6 Å². The van der Waals surface area contributed by atoms with Gasteiger partial charge in [0.25, 0.3) is 5.56 Å². The van der Waals surface area contributed by atoms with Gasteiger partial charge in [-0.3, -0.25) is 14.3 Å². The predicted octanol–water partition coefficient (Wildman–Crippen LogP) is 1.84. The highest BCUT2D eigenvalue weighted by molar-refractivity contribution is 5.81. The number of aliphatic hydroxyl groups is 1. The molecule has 27 heavy (non-hydrogen) atoms. The number of rotatable bonds is 5. The summed E-state index contributed by atoms with van der Waals surface area (Å²) in [6.45, 7) is 5.44. The van der Waals surface area contributed by atoms with Gasteiger partial charge in [0.2, 0.25) is 0 Å². The zero-order chi connectivity index (χ0) is 18.4. The fourth-order valence-electron chi connectivity index (χ4n) is 4.38. The van der Waals surface area contributed by atoms with E-state index in [9.17, 15) is 9.90 Å². The summed E-state index contributed by atoms with van der Waals surface area (Å²) in [6, 6.07) is 6.04. The van der Waals surface area contributed by atoms with E-state index in [1.54, 1.807) is 10.9 Å². The van der Waals surface area contributed by atoms with Crippen molar-refractivity contribution in [1.29, 1.82) is 0 Å². The molecule has 2 aromatic rings. The number of β-amino-alcohol motifs (C(OH)–C–C–N with tert-alkyl or cyclic N) is 1. The van der Waals surface area contributed by atoms with E-state index in [0.717, 1.165) is 69.7 Å². The van der Waals surface area contributed by atoms with Crippen molar-refractivity contribution in [2.45, 2.75) is 44.2 Å². The van der Waals surface area contributed by atoms with Crippen LogP contribution in [0, 0.1) is 5.92 Å². The van der Waals surface area contributed by atoms with E-state index in [4.69, 9.17) is 0 Å². The quantitative estimate of drug-likeness (QED) is 0.873. The van der Waals surface area contributed by atoms with E-state index in [1.165, 1.54) is 12.8 Å². The van der Waals surface area contributed by atoms with Gasteiger partial charge in [0.15, 0.2) is 0 Å². The number of hydrogen-bond donors (Lipinski definition) is 1. The normalized spacial score (nSPS) is 22.8.